The van der Waals surface area contributed by atoms with Gasteiger partial charge < -0.3 is 10.2 Å². The summed E-state index contributed by atoms with van der Waals surface area (Å²) in [6.07, 6.45) is 7.65. The third-order valence-electron chi connectivity index (χ3n) is 6.82. The zero-order valence-electron chi connectivity index (χ0n) is 23.7. The zero-order chi connectivity index (χ0) is 28.2. The van der Waals surface area contributed by atoms with Gasteiger partial charge in [-0.2, -0.15) is 14.6 Å². The number of carbonyl (C=O) groups excluding carboxylic acids is 1. The molecule has 0 spiro atoms. The molecule has 5 rings (SSSR count). The summed E-state index contributed by atoms with van der Waals surface area (Å²) >= 11 is 0. The number of hydrogen-bond donors (Lipinski definition) is 1. The van der Waals surface area contributed by atoms with Gasteiger partial charge in [0.25, 0.3) is 0 Å². The van der Waals surface area contributed by atoms with E-state index in [0.29, 0.717) is 30.7 Å². The van der Waals surface area contributed by atoms with Gasteiger partial charge in [0.15, 0.2) is 11.4 Å². The number of aromatic nitrogens is 5. The molecule has 0 saturated carbocycles. The van der Waals surface area contributed by atoms with Crippen molar-refractivity contribution >= 4 is 28.2 Å². The van der Waals surface area contributed by atoms with Gasteiger partial charge >= 0.3 is 0 Å². The number of hydrogen-bond acceptors (Lipinski definition) is 7. The fourth-order valence-corrected chi connectivity index (χ4v) is 4.81. The van der Waals surface area contributed by atoms with Crippen LogP contribution >= 0.6 is 0 Å². The van der Waals surface area contributed by atoms with E-state index in [0.717, 1.165) is 50.9 Å². The molecule has 0 bridgehead atoms. The highest BCUT2D eigenvalue weighted by Crippen LogP contribution is 2.30. The lowest BCUT2D eigenvalue weighted by atomic mass is 9.97. The number of anilines is 1. The molecule has 5 aromatic rings. The minimum Gasteiger partial charge on any atom is -0.350 e. The Bertz CT molecular complexity index is 1700. The summed E-state index contributed by atoms with van der Waals surface area (Å²) < 4.78 is 1.78. The van der Waals surface area contributed by atoms with Crippen molar-refractivity contribution in [2.75, 3.05) is 26.0 Å². The van der Waals surface area contributed by atoms with Crippen LogP contribution in [0, 0.1) is 6.92 Å². The van der Waals surface area contributed by atoms with Crippen molar-refractivity contribution in [1.29, 1.82) is 0 Å². The number of allylic oxidation sites excluding steroid dienone is 1. The lowest BCUT2D eigenvalue weighted by molar-refractivity contribution is -0.114. The Labute approximate surface area is 234 Å². The van der Waals surface area contributed by atoms with Gasteiger partial charge in [0.2, 0.25) is 5.95 Å². The number of benzene rings is 2. The summed E-state index contributed by atoms with van der Waals surface area (Å²) in [5, 5.41) is 10.1. The van der Waals surface area contributed by atoms with Crippen molar-refractivity contribution in [3.8, 4) is 11.3 Å². The second kappa shape index (κ2) is 11.8. The maximum atomic E-state index is 12.4. The van der Waals surface area contributed by atoms with Gasteiger partial charge in [-0.1, -0.05) is 62.4 Å². The highest BCUT2D eigenvalue weighted by atomic mass is 16.1. The van der Waals surface area contributed by atoms with E-state index in [9.17, 15) is 4.79 Å². The smallest absolute Gasteiger partial charge is 0.227 e. The molecule has 204 valence electrons. The van der Waals surface area contributed by atoms with Gasteiger partial charge in [0.1, 0.15) is 5.82 Å². The summed E-state index contributed by atoms with van der Waals surface area (Å²) in [6, 6.07) is 16.4. The van der Waals surface area contributed by atoms with E-state index in [2.05, 4.69) is 58.5 Å². The number of aryl methyl sites for hydroxylation is 1. The average molecular weight is 534 g/mol. The predicted molar refractivity (Wildman–Crippen MR) is 161 cm³/mol. The summed E-state index contributed by atoms with van der Waals surface area (Å²) in [6.45, 7) is 7.47. The van der Waals surface area contributed by atoms with Crippen molar-refractivity contribution in [2.45, 2.75) is 39.7 Å². The number of rotatable bonds is 10. The quantitative estimate of drug-likeness (QED) is 0.233. The number of ketones is 1. The number of fused-ring (bicyclic) bond motifs is 2. The fourth-order valence-electron chi connectivity index (χ4n) is 4.81. The van der Waals surface area contributed by atoms with Crippen molar-refractivity contribution in [3.05, 3.63) is 95.6 Å². The van der Waals surface area contributed by atoms with E-state index >= 15 is 0 Å². The number of pyridine rings is 1. The van der Waals surface area contributed by atoms with Gasteiger partial charge in [-0.3, -0.25) is 9.78 Å². The van der Waals surface area contributed by atoms with Crippen molar-refractivity contribution in [3.63, 3.8) is 0 Å². The molecule has 0 atom stereocenters. The van der Waals surface area contributed by atoms with E-state index in [1.807, 2.05) is 68.7 Å². The van der Waals surface area contributed by atoms with E-state index in [4.69, 9.17) is 4.98 Å². The first-order chi connectivity index (χ1) is 19.3. The predicted octanol–water partition coefficient (Wildman–Crippen LogP) is 5.61. The van der Waals surface area contributed by atoms with Crippen molar-refractivity contribution in [1.82, 2.24) is 29.5 Å². The molecule has 40 heavy (non-hydrogen) atoms. The summed E-state index contributed by atoms with van der Waals surface area (Å²) in [5.41, 5.74) is 5.96. The molecule has 0 aliphatic heterocycles. The van der Waals surface area contributed by atoms with Crippen LogP contribution < -0.4 is 5.32 Å². The molecule has 0 saturated heterocycles. The lowest BCUT2D eigenvalue weighted by Crippen LogP contribution is -2.11. The highest BCUT2D eigenvalue weighted by Gasteiger charge is 2.15. The van der Waals surface area contributed by atoms with E-state index in [1.54, 1.807) is 10.6 Å². The maximum Gasteiger partial charge on any atom is 0.227 e. The van der Waals surface area contributed by atoms with Crippen molar-refractivity contribution in [2.24, 2.45) is 0 Å². The SMILES string of the molecule is Cc1nc(NCc2ccccc2-c2nccc3cc(CC(=O)/C=C/CN(C)C)ccc23)n2ncc(C(C)C)c2n1. The molecule has 0 unspecified atom stereocenters. The lowest BCUT2D eigenvalue weighted by Gasteiger charge is -2.14. The van der Waals surface area contributed by atoms with Gasteiger partial charge in [-0.05, 0) is 55.6 Å². The van der Waals surface area contributed by atoms with E-state index in [1.165, 1.54) is 0 Å². The van der Waals surface area contributed by atoms with Crippen LogP contribution in [-0.2, 0) is 17.8 Å². The van der Waals surface area contributed by atoms with Gasteiger partial charge in [0, 0.05) is 42.2 Å². The number of nitrogens with zero attached hydrogens (tertiary/aromatic N) is 6. The fraction of sp³-hybridized carbons (Fsp3) is 0.281. The van der Waals surface area contributed by atoms with Gasteiger partial charge in [-0.25, -0.2) is 4.98 Å². The monoisotopic (exact) mass is 533 g/mol. The third kappa shape index (κ3) is 5.92. The van der Waals surface area contributed by atoms with Gasteiger partial charge in [-0.15, -0.1) is 0 Å². The Kier molecular flexibility index (Phi) is 7.98. The van der Waals surface area contributed by atoms with Crippen LogP contribution in [0.4, 0.5) is 5.95 Å². The maximum absolute atomic E-state index is 12.4. The first-order valence-electron chi connectivity index (χ1n) is 13.6. The Morgan fingerprint density at radius 1 is 1.10 bits per heavy atom. The first-order valence-corrected chi connectivity index (χ1v) is 13.6. The molecule has 3 aromatic heterocycles. The zero-order valence-corrected chi connectivity index (χ0v) is 23.7. The van der Waals surface area contributed by atoms with Crippen molar-refractivity contribution < 1.29 is 4.79 Å². The molecular formula is C32H35N7O. The van der Waals surface area contributed by atoms with Crippen LogP contribution in [0.1, 0.15) is 42.3 Å². The molecule has 1 N–H and O–H groups in total. The molecular weight excluding hydrogens is 498 g/mol. The summed E-state index contributed by atoms with van der Waals surface area (Å²) in [5.74, 6) is 1.77. The first kappa shape index (κ1) is 27.1. The topological polar surface area (TPSA) is 88.3 Å². The molecule has 0 radical (unpaired) electrons. The van der Waals surface area contributed by atoms with Gasteiger partial charge in [0.05, 0.1) is 11.9 Å². The molecule has 2 aromatic carbocycles. The number of nitrogens with one attached hydrogen (secondary N) is 1. The van der Waals surface area contributed by atoms with Crippen LogP contribution in [0.3, 0.4) is 0 Å². The third-order valence-corrected chi connectivity index (χ3v) is 6.82. The molecule has 0 aliphatic rings. The summed E-state index contributed by atoms with van der Waals surface area (Å²) in [4.78, 5) is 28.5. The second-order valence-electron chi connectivity index (χ2n) is 10.6. The Morgan fingerprint density at radius 3 is 2.73 bits per heavy atom. The average Bonchev–Trinajstić information content (AvgIpc) is 3.35. The molecule has 0 amide bonds. The second-order valence-corrected chi connectivity index (χ2v) is 10.6. The van der Waals surface area contributed by atoms with E-state index < -0.39 is 0 Å². The van der Waals surface area contributed by atoms with Crippen LogP contribution in [0.5, 0.6) is 0 Å². The minimum absolute atomic E-state index is 0.0960. The number of likely N-dealkylation sites (N-methyl/N-ethyl adjacent to an activating group) is 1. The molecule has 8 nitrogen and oxygen atoms in total. The standard InChI is InChI=1S/C32H35N7O/c1-21(2)29-20-35-39-31(29)36-22(3)37-32(39)34-19-25-9-6-7-11-27(25)30-28-13-12-23(17-24(28)14-15-33-30)18-26(40)10-8-16-38(4)5/h6-15,17,20-21H,16,18-19H2,1-5H3,(H,34,36,37)/b10-8+. The highest BCUT2D eigenvalue weighted by molar-refractivity contribution is 5.97. The molecule has 8 heteroatoms. The largest absolute Gasteiger partial charge is 0.350 e. The molecule has 0 fully saturated rings. The van der Waals surface area contributed by atoms with Crippen LogP contribution in [0.25, 0.3) is 27.7 Å². The normalized spacial score (nSPS) is 11.9. The molecule has 3 heterocycles. The summed E-state index contributed by atoms with van der Waals surface area (Å²) in [7, 11) is 3.96. The van der Waals surface area contributed by atoms with Crippen LogP contribution in [0.15, 0.2) is 73.1 Å². The molecule has 0 aliphatic carbocycles. The number of carbonyl (C=O) groups is 1. The Balaban J connectivity index is 1.42. The van der Waals surface area contributed by atoms with Crippen LogP contribution in [0.2, 0.25) is 0 Å². The Morgan fingerprint density at radius 2 is 1.93 bits per heavy atom. The Hall–Kier alpha value is -4.43. The van der Waals surface area contributed by atoms with Crippen LogP contribution in [-0.4, -0.2) is 55.9 Å². The van der Waals surface area contributed by atoms with E-state index in [-0.39, 0.29) is 5.78 Å². The minimum atomic E-state index is 0.0960.